The van der Waals surface area contributed by atoms with Crippen LogP contribution in [-0.2, 0) is 0 Å². The third-order valence-corrected chi connectivity index (χ3v) is 2.80. The van der Waals surface area contributed by atoms with Crippen molar-refractivity contribution in [3.63, 3.8) is 0 Å². The van der Waals surface area contributed by atoms with Crippen LogP contribution in [0, 0.1) is 11.3 Å². The van der Waals surface area contributed by atoms with Gasteiger partial charge in [0.15, 0.2) is 0 Å². The number of rotatable bonds is 2. The van der Waals surface area contributed by atoms with E-state index in [-0.39, 0.29) is 0 Å². The maximum absolute atomic E-state index is 8.78. The summed E-state index contributed by atoms with van der Waals surface area (Å²) in [6.07, 6.45) is 3.31. The molecule has 4 heteroatoms. The molecule has 0 aliphatic rings. The summed E-state index contributed by atoms with van der Waals surface area (Å²) < 4.78 is 1.83. The van der Waals surface area contributed by atoms with E-state index in [2.05, 4.69) is 16.2 Å². The second-order valence-corrected chi connectivity index (χ2v) is 4.01. The van der Waals surface area contributed by atoms with Crippen LogP contribution < -0.4 is 0 Å². The maximum Gasteiger partial charge on any atom is 0.101 e. The molecule has 2 aromatic heterocycles. The Kier molecular flexibility index (Phi) is 2.79. The molecule has 0 unspecified atom stereocenters. The Labute approximate surface area is 110 Å². The van der Waals surface area contributed by atoms with E-state index < -0.39 is 0 Å². The summed E-state index contributed by atoms with van der Waals surface area (Å²) in [7, 11) is 0. The van der Waals surface area contributed by atoms with Crippen LogP contribution >= 0.6 is 0 Å². The molecule has 0 spiro atoms. The lowest BCUT2D eigenvalue weighted by Crippen LogP contribution is -1.99. The van der Waals surface area contributed by atoms with E-state index in [0.29, 0.717) is 5.56 Å². The van der Waals surface area contributed by atoms with Gasteiger partial charge in [-0.05, 0) is 30.3 Å². The van der Waals surface area contributed by atoms with Crippen LogP contribution in [0.25, 0.3) is 17.1 Å². The molecule has 0 aliphatic heterocycles. The third kappa shape index (κ3) is 2.09. The van der Waals surface area contributed by atoms with Gasteiger partial charge >= 0.3 is 0 Å². The van der Waals surface area contributed by atoms with Crippen molar-refractivity contribution in [1.82, 2.24) is 14.8 Å². The molecule has 0 fully saturated rings. The normalized spacial score (nSPS) is 10.1. The highest BCUT2D eigenvalue weighted by molar-refractivity contribution is 5.58. The molecule has 3 rings (SSSR count). The highest BCUT2D eigenvalue weighted by atomic mass is 15.3. The molecule has 0 N–H and O–H groups in total. The molecular formula is C15H10N4. The van der Waals surface area contributed by atoms with Gasteiger partial charge < -0.3 is 0 Å². The molecule has 19 heavy (non-hydrogen) atoms. The zero-order chi connectivity index (χ0) is 13.1. The zero-order valence-corrected chi connectivity index (χ0v) is 10.1. The number of benzene rings is 1. The van der Waals surface area contributed by atoms with Crippen LogP contribution in [0.4, 0.5) is 0 Å². The van der Waals surface area contributed by atoms with Crippen LogP contribution in [-0.4, -0.2) is 14.8 Å². The molecule has 90 valence electrons. The highest BCUT2D eigenvalue weighted by Crippen LogP contribution is 2.20. The van der Waals surface area contributed by atoms with E-state index in [1.165, 1.54) is 0 Å². The number of hydrogen-bond acceptors (Lipinski definition) is 3. The number of pyridine rings is 1. The van der Waals surface area contributed by atoms with Gasteiger partial charge in [-0.2, -0.15) is 10.4 Å². The van der Waals surface area contributed by atoms with Crippen LogP contribution in [0.1, 0.15) is 5.56 Å². The molecule has 0 radical (unpaired) electrons. The van der Waals surface area contributed by atoms with Crippen molar-refractivity contribution in [2.24, 2.45) is 0 Å². The van der Waals surface area contributed by atoms with Gasteiger partial charge in [-0.3, -0.25) is 4.98 Å². The Hall–Kier alpha value is -2.93. The SMILES string of the molecule is N#Cc1ccc(-c2ccnn2-c2ccccc2)nc1. The number of aromatic nitrogens is 3. The van der Waals surface area contributed by atoms with Crippen LogP contribution in [0.15, 0.2) is 60.9 Å². The Morgan fingerprint density at radius 1 is 1.00 bits per heavy atom. The van der Waals surface area contributed by atoms with Crippen molar-refractivity contribution < 1.29 is 0 Å². The zero-order valence-electron chi connectivity index (χ0n) is 10.1. The fraction of sp³-hybridized carbons (Fsp3) is 0. The molecule has 2 heterocycles. The Morgan fingerprint density at radius 2 is 1.84 bits per heavy atom. The largest absolute Gasteiger partial charge is 0.253 e. The van der Waals surface area contributed by atoms with Crippen LogP contribution in [0.3, 0.4) is 0 Å². The lowest BCUT2D eigenvalue weighted by atomic mass is 10.2. The summed E-state index contributed by atoms with van der Waals surface area (Å²) in [6.45, 7) is 0. The highest BCUT2D eigenvalue weighted by Gasteiger charge is 2.08. The Bertz CT molecular complexity index is 721. The summed E-state index contributed by atoms with van der Waals surface area (Å²) >= 11 is 0. The van der Waals surface area contributed by atoms with Crippen molar-refractivity contribution in [3.05, 3.63) is 66.5 Å². The molecule has 0 atom stereocenters. The first-order chi connectivity index (χ1) is 9.38. The monoisotopic (exact) mass is 246 g/mol. The van der Waals surface area contributed by atoms with Crippen molar-refractivity contribution in [1.29, 1.82) is 5.26 Å². The van der Waals surface area contributed by atoms with Crippen molar-refractivity contribution in [3.8, 4) is 23.1 Å². The average molecular weight is 246 g/mol. The van der Waals surface area contributed by atoms with E-state index in [0.717, 1.165) is 17.1 Å². The van der Waals surface area contributed by atoms with Gasteiger partial charge in [0.05, 0.1) is 28.8 Å². The van der Waals surface area contributed by atoms with Gasteiger partial charge in [0.2, 0.25) is 0 Å². The second-order valence-electron chi connectivity index (χ2n) is 4.01. The van der Waals surface area contributed by atoms with E-state index in [1.54, 1.807) is 18.5 Å². The van der Waals surface area contributed by atoms with Gasteiger partial charge in [0, 0.05) is 6.20 Å². The molecular weight excluding hydrogens is 236 g/mol. The van der Waals surface area contributed by atoms with Crippen molar-refractivity contribution in [2.45, 2.75) is 0 Å². The van der Waals surface area contributed by atoms with Gasteiger partial charge in [0.25, 0.3) is 0 Å². The van der Waals surface area contributed by atoms with Crippen molar-refractivity contribution in [2.75, 3.05) is 0 Å². The molecule has 0 saturated carbocycles. The standard InChI is InChI=1S/C15H10N4/c16-10-12-6-7-14(17-11-12)15-8-9-18-19(15)13-4-2-1-3-5-13/h1-9,11H. The molecule has 4 nitrogen and oxygen atoms in total. The smallest absolute Gasteiger partial charge is 0.101 e. The average Bonchev–Trinajstić information content (AvgIpc) is 2.98. The van der Waals surface area contributed by atoms with E-state index in [9.17, 15) is 0 Å². The summed E-state index contributed by atoms with van der Waals surface area (Å²) in [5, 5.41) is 13.1. The number of nitrogens with zero attached hydrogens (tertiary/aromatic N) is 4. The minimum absolute atomic E-state index is 0.550. The lowest BCUT2D eigenvalue weighted by Gasteiger charge is -2.06. The van der Waals surface area contributed by atoms with Crippen molar-refractivity contribution >= 4 is 0 Å². The summed E-state index contributed by atoms with van der Waals surface area (Å²) in [4.78, 5) is 4.29. The predicted octanol–water partition coefficient (Wildman–Crippen LogP) is 2.81. The lowest BCUT2D eigenvalue weighted by molar-refractivity contribution is 0.884. The van der Waals surface area contributed by atoms with E-state index in [1.807, 2.05) is 47.1 Å². The Balaban J connectivity index is 2.07. The Morgan fingerprint density at radius 3 is 2.53 bits per heavy atom. The first-order valence-corrected chi connectivity index (χ1v) is 5.84. The fourth-order valence-corrected chi connectivity index (χ4v) is 1.88. The fourth-order valence-electron chi connectivity index (χ4n) is 1.88. The molecule has 0 amide bonds. The first kappa shape index (κ1) is 11.2. The predicted molar refractivity (Wildman–Crippen MR) is 71.5 cm³/mol. The van der Waals surface area contributed by atoms with Gasteiger partial charge in [0.1, 0.15) is 6.07 Å². The van der Waals surface area contributed by atoms with Gasteiger partial charge in [-0.1, -0.05) is 18.2 Å². The van der Waals surface area contributed by atoms with Crippen LogP contribution in [0.5, 0.6) is 0 Å². The first-order valence-electron chi connectivity index (χ1n) is 5.84. The summed E-state index contributed by atoms with van der Waals surface area (Å²) in [5.41, 5.74) is 3.22. The molecule has 3 aromatic rings. The second kappa shape index (κ2) is 4.75. The molecule has 1 aromatic carbocycles. The topological polar surface area (TPSA) is 54.5 Å². The van der Waals surface area contributed by atoms with E-state index >= 15 is 0 Å². The number of hydrogen-bond donors (Lipinski definition) is 0. The third-order valence-electron chi connectivity index (χ3n) is 2.80. The number of para-hydroxylation sites is 1. The number of nitriles is 1. The minimum atomic E-state index is 0.550. The summed E-state index contributed by atoms with van der Waals surface area (Å²) in [5.74, 6) is 0. The van der Waals surface area contributed by atoms with E-state index in [4.69, 9.17) is 5.26 Å². The van der Waals surface area contributed by atoms with Gasteiger partial charge in [-0.15, -0.1) is 0 Å². The molecule has 0 bridgehead atoms. The quantitative estimate of drug-likeness (QED) is 0.698. The minimum Gasteiger partial charge on any atom is -0.253 e. The molecule has 0 aliphatic carbocycles. The van der Waals surface area contributed by atoms with Gasteiger partial charge in [-0.25, -0.2) is 4.68 Å². The maximum atomic E-state index is 8.78. The summed E-state index contributed by atoms with van der Waals surface area (Å²) in [6, 6.07) is 17.4. The van der Waals surface area contributed by atoms with Crippen LogP contribution in [0.2, 0.25) is 0 Å². The molecule has 0 saturated heterocycles.